The van der Waals surface area contributed by atoms with Gasteiger partial charge in [0.15, 0.2) is 0 Å². The SMILES string of the molecule is O=[N+]([O-])c1cc(Oc2ccc(Oc3cc([N+](=O)[O-])cc([N+](=O)[O-])c3)cc2)cc([N+](=O)[O-])c1. The number of non-ortho nitro benzene ring substituents is 4. The first kappa shape index (κ1) is 21.6. The number of nitro groups is 4. The third kappa shape index (κ3) is 5.07. The number of nitrogens with zero attached hydrogens (tertiary/aromatic N) is 4. The summed E-state index contributed by atoms with van der Waals surface area (Å²) in [6.07, 6.45) is 0. The summed E-state index contributed by atoms with van der Waals surface area (Å²) < 4.78 is 10.8. The third-order valence-corrected chi connectivity index (χ3v) is 3.89. The van der Waals surface area contributed by atoms with Crippen molar-refractivity contribution in [2.45, 2.75) is 0 Å². The van der Waals surface area contributed by atoms with E-state index < -0.39 is 42.4 Å². The first-order valence-electron chi connectivity index (χ1n) is 8.46. The van der Waals surface area contributed by atoms with Gasteiger partial charge in [0.2, 0.25) is 0 Å². The van der Waals surface area contributed by atoms with Gasteiger partial charge in [0.05, 0.1) is 56.1 Å². The van der Waals surface area contributed by atoms with Crippen molar-refractivity contribution in [2.24, 2.45) is 0 Å². The van der Waals surface area contributed by atoms with Gasteiger partial charge in [0.1, 0.15) is 23.0 Å². The number of ether oxygens (including phenoxy) is 2. The highest BCUT2D eigenvalue weighted by atomic mass is 16.6. The Bertz CT molecular complexity index is 1080. The maximum Gasteiger partial charge on any atom is 0.280 e. The van der Waals surface area contributed by atoms with E-state index in [1.54, 1.807) is 0 Å². The highest BCUT2D eigenvalue weighted by Gasteiger charge is 2.19. The van der Waals surface area contributed by atoms with Crippen molar-refractivity contribution in [1.29, 1.82) is 0 Å². The van der Waals surface area contributed by atoms with Crippen molar-refractivity contribution < 1.29 is 29.2 Å². The van der Waals surface area contributed by atoms with Crippen molar-refractivity contribution in [2.75, 3.05) is 0 Å². The Hall–Kier alpha value is -5.14. The van der Waals surface area contributed by atoms with Crippen LogP contribution in [0.1, 0.15) is 0 Å². The Morgan fingerprint density at radius 1 is 0.438 bits per heavy atom. The van der Waals surface area contributed by atoms with E-state index in [1.165, 1.54) is 24.3 Å². The molecule has 0 saturated heterocycles. The highest BCUT2D eigenvalue weighted by Crippen LogP contribution is 2.33. The minimum atomic E-state index is -0.797. The lowest BCUT2D eigenvalue weighted by atomic mass is 10.2. The summed E-state index contributed by atoms with van der Waals surface area (Å²) in [5, 5.41) is 43.8. The fourth-order valence-corrected chi connectivity index (χ4v) is 2.52. The van der Waals surface area contributed by atoms with Gasteiger partial charge in [-0.25, -0.2) is 0 Å². The zero-order valence-corrected chi connectivity index (χ0v) is 15.6. The minimum Gasteiger partial charge on any atom is -0.457 e. The van der Waals surface area contributed by atoms with Crippen LogP contribution in [0.2, 0.25) is 0 Å². The van der Waals surface area contributed by atoms with Crippen LogP contribution in [-0.4, -0.2) is 19.7 Å². The molecule has 3 aromatic carbocycles. The molecular weight excluding hydrogens is 432 g/mol. The van der Waals surface area contributed by atoms with Gasteiger partial charge < -0.3 is 9.47 Å². The molecule has 0 aromatic heterocycles. The van der Waals surface area contributed by atoms with E-state index in [9.17, 15) is 40.5 Å². The first-order valence-corrected chi connectivity index (χ1v) is 8.46. The van der Waals surface area contributed by atoms with Gasteiger partial charge in [0, 0.05) is 0 Å². The normalized spacial score (nSPS) is 10.2. The molecule has 3 rings (SSSR count). The standard InChI is InChI=1S/C18H10N4O10/c23-19(24)11-5-12(20(25)26)8-17(7-11)31-15-1-2-16(4-3-15)32-18-9-13(21(27)28)6-14(10-18)22(29)30/h1-10H. The molecule has 32 heavy (non-hydrogen) atoms. The second-order valence-corrected chi connectivity index (χ2v) is 6.07. The van der Waals surface area contributed by atoms with Crippen molar-refractivity contribution in [3.8, 4) is 23.0 Å². The Kier molecular flexibility index (Phi) is 5.86. The van der Waals surface area contributed by atoms with Crippen LogP contribution >= 0.6 is 0 Å². The van der Waals surface area contributed by atoms with Crippen LogP contribution in [0.5, 0.6) is 23.0 Å². The van der Waals surface area contributed by atoms with Gasteiger partial charge in [-0.1, -0.05) is 0 Å². The van der Waals surface area contributed by atoms with Crippen molar-refractivity contribution in [1.82, 2.24) is 0 Å². The van der Waals surface area contributed by atoms with E-state index >= 15 is 0 Å². The summed E-state index contributed by atoms with van der Waals surface area (Å²) >= 11 is 0. The molecule has 0 aliphatic heterocycles. The Morgan fingerprint density at radius 3 is 0.906 bits per heavy atom. The van der Waals surface area contributed by atoms with Crippen molar-refractivity contribution in [3.63, 3.8) is 0 Å². The molecular formula is C18H10N4O10. The van der Waals surface area contributed by atoms with E-state index in [1.807, 2.05) is 0 Å². The fourth-order valence-electron chi connectivity index (χ4n) is 2.52. The number of benzene rings is 3. The highest BCUT2D eigenvalue weighted by molar-refractivity contribution is 5.52. The minimum absolute atomic E-state index is 0.145. The summed E-state index contributed by atoms with van der Waals surface area (Å²) in [5.41, 5.74) is -2.11. The molecule has 0 aliphatic rings. The quantitative estimate of drug-likeness (QED) is 0.342. The molecule has 0 N–H and O–H groups in total. The Labute approximate surface area is 176 Å². The predicted octanol–water partition coefficient (Wildman–Crippen LogP) is 4.90. The summed E-state index contributed by atoms with van der Waals surface area (Å²) in [6, 6.07) is 11.1. The molecule has 0 spiro atoms. The summed E-state index contributed by atoms with van der Waals surface area (Å²) in [6.45, 7) is 0. The molecule has 0 unspecified atom stereocenters. The number of hydrogen-bond donors (Lipinski definition) is 0. The topological polar surface area (TPSA) is 191 Å². The van der Waals surface area contributed by atoms with E-state index in [0.717, 1.165) is 36.4 Å². The van der Waals surface area contributed by atoms with E-state index in [-0.39, 0.29) is 23.0 Å². The number of hydrogen-bond acceptors (Lipinski definition) is 10. The van der Waals surface area contributed by atoms with Gasteiger partial charge in [-0.3, -0.25) is 40.5 Å². The summed E-state index contributed by atoms with van der Waals surface area (Å²) in [4.78, 5) is 40.6. The van der Waals surface area contributed by atoms with Crippen LogP contribution in [0.4, 0.5) is 22.7 Å². The maximum absolute atomic E-state index is 11.0. The van der Waals surface area contributed by atoms with Crippen LogP contribution in [0.25, 0.3) is 0 Å². The van der Waals surface area contributed by atoms with Gasteiger partial charge in [0.25, 0.3) is 22.7 Å². The first-order chi connectivity index (χ1) is 15.1. The number of nitro benzene ring substituents is 4. The average Bonchev–Trinajstić information content (AvgIpc) is 2.74. The second kappa shape index (κ2) is 8.70. The average molecular weight is 442 g/mol. The molecule has 0 aliphatic carbocycles. The third-order valence-electron chi connectivity index (χ3n) is 3.89. The molecule has 0 saturated carbocycles. The summed E-state index contributed by atoms with van der Waals surface area (Å²) in [5.74, 6) is 0.0112. The van der Waals surface area contributed by atoms with Gasteiger partial charge in [-0.2, -0.15) is 0 Å². The zero-order valence-electron chi connectivity index (χ0n) is 15.6. The zero-order chi connectivity index (χ0) is 23.4. The lowest BCUT2D eigenvalue weighted by Crippen LogP contribution is -1.95. The molecule has 0 atom stereocenters. The van der Waals surface area contributed by atoms with Gasteiger partial charge in [-0.15, -0.1) is 0 Å². The maximum atomic E-state index is 11.0. The summed E-state index contributed by atoms with van der Waals surface area (Å²) in [7, 11) is 0. The van der Waals surface area contributed by atoms with E-state index in [2.05, 4.69) is 0 Å². The lowest BCUT2D eigenvalue weighted by Gasteiger charge is -2.08. The smallest absolute Gasteiger partial charge is 0.280 e. The molecule has 3 aromatic rings. The molecule has 14 nitrogen and oxygen atoms in total. The van der Waals surface area contributed by atoms with Crippen LogP contribution in [0.3, 0.4) is 0 Å². The largest absolute Gasteiger partial charge is 0.457 e. The Balaban J connectivity index is 1.82. The van der Waals surface area contributed by atoms with Gasteiger partial charge >= 0.3 is 0 Å². The molecule has 162 valence electrons. The van der Waals surface area contributed by atoms with Crippen molar-refractivity contribution >= 4 is 22.7 Å². The van der Waals surface area contributed by atoms with Crippen LogP contribution in [0.15, 0.2) is 60.7 Å². The van der Waals surface area contributed by atoms with E-state index in [0.29, 0.717) is 0 Å². The van der Waals surface area contributed by atoms with Crippen LogP contribution < -0.4 is 9.47 Å². The van der Waals surface area contributed by atoms with Crippen LogP contribution in [-0.2, 0) is 0 Å². The molecule has 0 bridgehead atoms. The molecule has 0 amide bonds. The second-order valence-electron chi connectivity index (χ2n) is 6.07. The molecule has 0 fully saturated rings. The Morgan fingerprint density at radius 2 is 0.688 bits per heavy atom. The monoisotopic (exact) mass is 442 g/mol. The number of rotatable bonds is 8. The lowest BCUT2D eigenvalue weighted by molar-refractivity contribution is -0.394. The van der Waals surface area contributed by atoms with E-state index in [4.69, 9.17) is 9.47 Å². The molecule has 0 heterocycles. The van der Waals surface area contributed by atoms with Gasteiger partial charge in [-0.05, 0) is 24.3 Å². The van der Waals surface area contributed by atoms with Crippen LogP contribution in [0, 0.1) is 40.5 Å². The fraction of sp³-hybridized carbons (Fsp3) is 0. The van der Waals surface area contributed by atoms with Crippen molar-refractivity contribution in [3.05, 3.63) is 101 Å². The molecule has 0 radical (unpaired) electrons. The predicted molar refractivity (Wildman–Crippen MR) is 106 cm³/mol. The molecule has 14 heteroatoms.